The van der Waals surface area contributed by atoms with E-state index in [0.29, 0.717) is 29.1 Å². The van der Waals surface area contributed by atoms with Gasteiger partial charge in [0.15, 0.2) is 0 Å². The minimum atomic E-state index is -0.116. The van der Waals surface area contributed by atoms with Gasteiger partial charge in [-0.2, -0.15) is 9.97 Å². The van der Waals surface area contributed by atoms with Crippen molar-refractivity contribution in [2.45, 2.75) is 13.2 Å². The van der Waals surface area contributed by atoms with Crippen molar-refractivity contribution in [2.75, 3.05) is 5.73 Å². The maximum Gasteiger partial charge on any atom is 0.228 e. The first kappa shape index (κ1) is 12.4. The summed E-state index contributed by atoms with van der Waals surface area (Å²) in [6.45, 7) is 0.261. The number of nitrogens with zero attached hydrogens (tertiary/aromatic N) is 2. The van der Waals surface area contributed by atoms with Crippen molar-refractivity contribution < 1.29 is 9.84 Å². The molecule has 0 spiro atoms. The number of aliphatic hydroxyl groups is 1. The molecule has 1 aromatic carbocycles. The first-order chi connectivity index (χ1) is 9.78. The summed E-state index contributed by atoms with van der Waals surface area (Å²) in [6, 6.07) is 9.76. The fourth-order valence-electron chi connectivity index (χ4n) is 2.03. The number of fused-ring (bicyclic) bond motifs is 1. The molecule has 0 unspecified atom stereocenters. The molecular weight excluding hydrogens is 256 g/mol. The van der Waals surface area contributed by atoms with Crippen molar-refractivity contribution in [2.24, 2.45) is 0 Å². The lowest BCUT2D eigenvalue weighted by molar-refractivity contribution is 0.280. The highest BCUT2D eigenvalue weighted by Crippen LogP contribution is 2.27. The maximum atomic E-state index is 9.34. The predicted octanol–water partition coefficient (Wildman–Crippen LogP) is 1.61. The smallest absolute Gasteiger partial charge is 0.228 e. The van der Waals surface area contributed by atoms with Crippen LogP contribution in [0.25, 0.3) is 11.0 Å². The molecule has 0 fully saturated rings. The van der Waals surface area contributed by atoms with Gasteiger partial charge in [-0.3, -0.25) is 0 Å². The average Bonchev–Trinajstić information content (AvgIpc) is 2.88. The molecule has 0 atom stereocenters. The van der Waals surface area contributed by atoms with Gasteiger partial charge in [-0.15, -0.1) is 0 Å². The highest BCUT2D eigenvalue weighted by molar-refractivity contribution is 5.85. The van der Waals surface area contributed by atoms with Crippen LogP contribution >= 0.6 is 0 Å². The molecular formula is C14H14N4O2. The SMILES string of the molecule is Nc1nc(OCc2ccccc2)c2c(CO)c[nH]c2n1. The standard InChI is InChI=1S/C14H14N4O2/c15-14-17-12-11(10(7-19)6-16-12)13(18-14)20-8-9-4-2-1-3-5-9/h1-6,19H,7-8H2,(H3,15,16,17,18). The van der Waals surface area contributed by atoms with Crippen LogP contribution in [-0.2, 0) is 13.2 Å². The summed E-state index contributed by atoms with van der Waals surface area (Å²) in [5, 5.41) is 10.0. The van der Waals surface area contributed by atoms with E-state index in [1.54, 1.807) is 6.20 Å². The molecule has 3 aromatic rings. The molecule has 2 aromatic heterocycles. The predicted molar refractivity (Wildman–Crippen MR) is 75.0 cm³/mol. The van der Waals surface area contributed by atoms with Crippen molar-refractivity contribution in [1.82, 2.24) is 15.0 Å². The third-order valence-corrected chi connectivity index (χ3v) is 2.99. The normalized spacial score (nSPS) is 10.8. The van der Waals surface area contributed by atoms with Crippen LogP contribution in [0.3, 0.4) is 0 Å². The third kappa shape index (κ3) is 2.28. The Bertz CT molecular complexity index is 725. The van der Waals surface area contributed by atoms with Gasteiger partial charge >= 0.3 is 0 Å². The lowest BCUT2D eigenvalue weighted by atomic mass is 10.2. The van der Waals surface area contributed by atoms with Crippen molar-refractivity contribution >= 4 is 17.0 Å². The number of benzene rings is 1. The Morgan fingerprint density at radius 2 is 2.00 bits per heavy atom. The van der Waals surface area contributed by atoms with E-state index < -0.39 is 0 Å². The Balaban J connectivity index is 1.95. The van der Waals surface area contributed by atoms with Gasteiger partial charge in [0.05, 0.1) is 12.0 Å². The monoisotopic (exact) mass is 270 g/mol. The molecule has 0 amide bonds. The molecule has 20 heavy (non-hydrogen) atoms. The van der Waals surface area contributed by atoms with Crippen molar-refractivity contribution in [3.8, 4) is 5.88 Å². The van der Waals surface area contributed by atoms with Gasteiger partial charge < -0.3 is 20.6 Å². The summed E-state index contributed by atoms with van der Waals surface area (Å²) in [6.07, 6.45) is 1.67. The van der Waals surface area contributed by atoms with Gasteiger partial charge in [-0.05, 0) is 5.56 Å². The van der Waals surface area contributed by atoms with Gasteiger partial charge in [-0.25, -0.2) is 0 Å². The molecule has 0 bridgehead atoms. The van der Waals surface area contributed by atoms with Gasteiger partial charge in [0.25, 0.3) is 0 Å². The number of nitrogen functional groups attached to an aromatic ring is 1. The zero-order chi connectivity index (χ0) is 13.9. The Kier molecular flexibility index (Phi) is 3.22. The van der Waals surface area contributed by atoms with Crippen molar-refractivity contribution in [3.63, 3.8) is 0 Å². The number of rotatable bonds is 4. The first-order valence-electron chi connectivity index (χ1n) is 6.19. The van der Waals surface area contributed by atoms with Crippen LogP contribution < -0.4 is 10.5 Å². The van der Waals surface area contributed by atoms with E-state index >= 15 is 0 Å². The number of hydrogen-bond donors (Lipinski definition) is 3. The van der Waals surface area contributed by atoms with E-state index in [1.807, 2.05) is 30.3 Å². The maximum absolute atomic E-state index is 9.34. The molecule has 0 aliphatic rings. The second-order valence-electron chi connectivity index (χ2n) is 4.36. The van der Waals surface area contributed by atoms with Gasteiger partial charge in [0.1, 0.15) is 12.3 Å². The van der Waals surface area contributed by atoms with Gasteiger partial charge in [0.2, 0.25) is 11.8 Å². The lowest BCUT2D eigenvalue weighted by Gasteiger charge is -2.08. The number of aromatic amines is 1. The largest absolute Gasteiger partial charge is 0.472 e. The number of H-pyrrole nitrogens is 1. The highest BCUT2D eigenvalue weighted by atomic mass is 16.5. The summed E-state index contributed by atoms with van der Waals surface area (Å²) >= 11 is 0. The quantitative estimate of drug-likeness (QED) is 0.669. The Morgan fingerprint density at radius 1 is 1.20 bits per heavy atom. The van der Waals surface area contributed by atoms with Crippen molar-refractivity contribution in [1.29, 1.82) is 0 Å². The number of hydrogen-bond acceptors (Lipinski definition) is 5. The zero-order valence-electron chi connectivity index (χ0n) is 10.7. The third-order valence-electron chi connectivity index (χ3n) is 2.99. The Labute approximate surface area is 115 Å². The minimum Gasteiger partial charge on any atom is -0.472 e. The Hall–Kier alpha value is -2.60. The summed E-state index contributed by atoms with van der Waals surface area (Å²) < 4.78 is 5.72. The Morgan fingerprint density at radius 3 is 2.75 bits per heavy atom. The topological polar surface area (TPSA) is 97.0 Å². The van der Waals surface area contributed by atoms with Crippen LogP contribution in [0.1, 0.15) is 11.1 Å². The number of ether oxygens (including phenoxy) is 1. The fourth-order valence-corrected chi connectivity index (χ4v) is 2.03. The molecule has 3 rings (SSSR count). The fraction of sp³-hybridized carbons (Fsp3) is 0.143. The highest BCUT2D eigenvalue weighted by Gasteiger charge is 2.13. The van der Waals surface area contributed by atoms with Gasteiger partial charge in [-0.1, -0.05) is 30.3 Å². The second-order valence-corrected chi connectivity index (χ2v) is 4.36. The summed E-state index contributed by atoms with van der Waals surface area (Å²) in [5.41, 5.74) is 7.93. The molecule has 4 N–H and O–H groups in total. The summed E-state index contributed by atoms with van der Waals surface area (Å²) in [5.74, 6) is 0.508. The van der Waals surface area contributed by atoms with E-state index in [-0.39, 0.29) is 12.6 Å². The second kappa shape index (κ2) is 5.18. The number of nitrogens with two attached hydrogens (primary N) is 1. The van der Waals surface area contributed by atoms with E-state index in [0.717, 1.165) is 5.56 Å². The number of anilines is 1. The van der Waals surface area contributed by atoms with Crippen LogP contribution in [0.5, 0.6) is 5.88 Å². The van der Waals surface area contributed by atoms with Gasteiger partial charge in [0, 0.05) is 11.8 Å². The molecule has 0 saturated heterocycles. The number of aromatic nitrogens is 3. The lowest BCUT2D eigenvalue weighted by Crippen LogP contribution is -2.02. The van der Waals surface area contributed by atoms with Crippen molar-refractivity contribution in [3.05, 3.63) is 47.7 Å². The summed E-state index contributed by atoms with van der Waals surface area (Å²) in [4.78, 5) is 11.1. The molecule has 0 aliphatic heterocycles. The number of nitrogens with one attached hydrogen (secondary N) is 1. The summed E-state index contributed by atoms with van der Waals surface area (Å²) in [7, 11) is 0. The van der Waals surface area contributed by atoms with Crippen LogP contribution in [0, 0.1) is 0 Å². The number of aliphatic hydroxyl groups excluding tert-OH is 1. The van der Waals surface area contributed by atoms with Crippen LogP contribution in [0.2, 0.25) is 0 Å². The molecule has 6 nitrogen and oxygen atoms in total. The van der Waals surface area contributed by atoms with Crippen LogP contribution in [0.15, 0.2) is 36.5 Å². The molecule has 2 heterocycles. The van der Waals surface area contributed by atoms with E-state index in [4.69, 9.17) is 10.5 Å². The van der Waals surface area contributed by atoms with Crippen LogP contribution in [0.4, 0.5) is 5.95 Å². The molecule has 0 aliphatic carbocycles. The average molecular weight is 270 g/mol. The minimum absolute atomic E-state index is 0.116. The van der Waals surface area contributed by atoms with E-state index in [2.05, 4.69) is 15.0 Å². The van der Waals surface area contributed by atoms with E-state index in [9.17, 15) is 5.11 Å². The molecule has 6 heteroatoms. The molecule has 102 valence electrons. The first-order valence-corrected chi connectivity index (χ1v) is 6.19. The molecule has 0 radical (unpaired) electrons. The molecule has 0 saturated carbocycles. The zero-order valence-corrected chi connectivity index (χ0v) is 10.7. The van der Waals surface area contributed by atoms with Crippen LogP contribution in [-0.4, -0.2) is 20.1 Å². The van der Waals surface area contributed by atoms with E-state index in [1.165, 1.54) is 0 Å².